The highest BCUT2D eigenvalue weighted by atomic mass is 16.5. The first-order chi connectivity index (χ1) is 11.6. The lowest BCUT2D eigenvalue weighted by Crippen LogP contribution is -2.27. The van der Waals surface area contributed by atoms with E-state index < -0.39 is 0 Å². The Bertz CT molecular complexity index is 825. The summed E-state index contributed by atoms with van der Waals surface area (Å²) in [5, 5.41) is 6.73. The maximum absolute atomic E-state index is 12.1. The van der Waals surface area contributed by atoms with Gasteiger partial charge in [0.1, 0.15) is 11.5 Å². The minimum Gasteiger partial charge on any atom is -0.350 e. The second-order valence-electron chi connectivity index (χ2n) is 5.33. The smallest absolute Gasteiger partial charge is 0.270 e. The van der Waals surface area contributed by atoms with Gasteiger partial charge in [-0.05, 0) is 32.0 Å². The molecule has 0 aliphatic heterocycles. The molecule has 1 aromatic carbocycles. The second kappa shape index (κ2) is 6.99. The van der Waals surface area contributed by atoms with Crippen LogP contribution in [0.2, 0.25) is 0 Å². The summed E-state index contributed by atoms with van der Waals surface area (Å²) in [7, 11) is 0. The molecule has 0 saturated carbocycles. The van der Waals surface area contributed by atoms with Crippen molar-refractivity contribution in [3.05, 3.63) is 59.4 Å². The van der Waals surface area contributed by atoms with Crippen LogP contribution in [-0.2, 0) is 6.42 Å². The molecule has 7 heteroatoms. The van der Waals surface area contributed by atoms with Crippen molar-refractivity contribution in [1.29, 1.82) is 0 Å². The van der Waals surface area contributed by atoms with Crippen LogP contribution < -0.4 is 5.32 Å². The van der Waals surface area contributed by atoms with Crippen LogP contribution >= 0.6 is 0 Å². The van der Waals surface area contributed by atoms with Crippen molar-refractivity contribution in [3.8, 4) is 11.5 Å². The fourth-order valence-electron chi connectivity index (χ4n) is 2.27. The van der Waals surface area contributed by atoms with Gasteiger partial charge in [-0.3, -0.25) is 4.79 Å². The lowest BCUT2D eigenvalue weighted by molar-refractivity contribution is 0.0948. The average molecular weight is 323 g/mol. The maximum atomic E-state index is 12.1. The summed E-state index contributed by atoms with van der Waals surface area (Å²) < 4.78 is 5.23. The van der Waals surface area contributed by atoms with Gasteiger partial charge in [-0.1, -0.05) is 23.4 Å². The minimum absolute atomic E-state index is 0.240. The number of benzene rings is 1. The van der Waals surface area contributed by atoms with Gasteiger partial charge in [0.15, 0.2) is 5.82 Å². The molecule has 0 spiro atoms. The molecule has 0 radical (unpaired) electrons. The van der Waals surface area contributed by atoms with E-state index in [1.807, 2.05) is 37.3 Å². The SMILES string of the molecule is Cc1cc(C(=O)NCCc2noc(-c3ccccc3)n2)nc(C)n1. The molecular weight excluding hydrogens is 306 g/mol. The number of hydrogen-bond donors (Lipinski definition) is 1. The van der Waals surface area contributed by atoms with E-state index in [1.54, 1.807) is 13.0 Å². The number of carbonyl (C=O) groups is 1. The normalized spacial score (nSPS) is 10.6. The third kappa shape index (κ3) is 3.81. The number of nitrogens with zero attached hydrogens (tertiary/aromatic N) is 4. The van der Waals surface area contributed by atoms with Crippen LogP contribution in [0.15, 0.2) is 40.9 Å². The van der Waals surface area contributed by atoms with Crippen molar-refractivity contribution in [2.45, 2.75) is 20.3 Å². The first kappa shape index (κ1) is 15.8. The van der Waals surface area contributed by atoms with Gasteiger partial charge in [0.25, 0.3) is 11.8 Å². The van der Waals surface area contributed by atoms with E-state index in [0.29, 0.717) is 36.2 Å². The number of nitrogens with one attached hydrogen (secondary N) is 1. The molecule has 3 rings (SSSR count). The van der Waals surface area contributed by atoms with Crippen molar-refractivity contribution < 1.29 is 9.32 Å². The molecule has 3 aromatic rings. The van der Waals surface area contributed by atoms with Crippen LogP contribution in [0.5, 0.6) is 0 Å². The van der Waals surface area contributed by atoms with Gasteiger partial charge in [-0.2, -0.15) is 4.98 Å². The van der Waals surface area contributed by atoms with Gasteiger partial charge in [-0.15, -0.1) is 0 Å². The Hall–Kier alpha value is -3.09. The number of aromatic nitrogens is 4. The third-order valence-corrected chi connectivity index (χ3v) is 3.32. The highest BCUT2D eigenvalue weighted by Gasteiger charge is 2.11. The van der Waals surface area contributed by atoms with Crippen LogP contribution in [-0.4, -0.2) is 32.6 Å². The van der Waals surface area contributed by atoms with Crippen LogP contribution in [0.4, 0.5) is 0 Å². The van der Waals surface area contributed by atoms with Crippen LogP contribution in [0.25, 0.3) is 11.5 Å². The van der Waals surface area contributed by atoms with E-state index in [0.717, 1.165) is 11.3 Å². The van der Waals surface area contributed by atoms with E-state index in [-0.39, 0.29) is 5.91 Å². The van der Waals surface area contributed by atoms with E-state index in [4.69, 9.17) is 4.52 Å². The average Bonchev–Trinajstić information content (AvgIpc) is 3.03. The Morgan fingerprint density at radius 3 is 2.67 bits per heavy atom. The summed E-state index contributed by atoms with van der Waals surface area (Å²) in [5.74, 6) is 1.35. The monoisotopic (exact) mass is 323 g/mol. The molecule has 0 saturated heterocycles. The van der Waals surface area contributed by atoms with E-state index >= 15 is 0 Å². The molecule has 7 nitrogen and oxygen atoms in total. The molecular formula is C17H17N5O2. The summed E-state index contributed by atoms with van der Waals surface area (Å²) >= 11 is 0. The molecule has 0 aliphatic carbocycles. The van der Waals surface area contributed by atoms with E-state index in [2.05, 4.69) is 25.4 Å². The number of rotatable bonds is 5. The van der Waals surface area contributed by atoms with Gasteiger partial charge in [0, 0.05) is 24.2 Å². The highest BCUT2D eigenvalue weighted by Crippen LogP contribution is 2.15. The lowest BCUT2D eigenvalue weighted by Gasteiger charge is -2.04. The second-order valence-corrected chi connectivity index (χ2v) is 5.33. The number of carbonyl (C=O) groups excluding carboxylic acids is 1. The van der Waals surface area contributed by atoms with Gasteiger partial charge < -0.3 is 9.84 Å². The van der Waals surface area contributed by atoms with Gasteiger partial charge in [0.2, 0.25) is 0 Å². The standard InChI is InChI=1S/C17H17N5O2/c1-11-10-14(20-12(2)19-11)16(23)18-9-8-15-21-17(24-22-15)13-6-4-3-5-7-13/h3-7,10H,8-9H2,1-2H3,(H,18,23). The maximum Gasteiger partial charge on any atom is 0.270 e. The largest absolute Gasteiger partial charge is 0.350 e. The Morgan fingerprint density at radius 2 is 1.92 bits per heavy atom. The van der Waals surface area contributed by atoms with Gasteiger partial charge in [-0.25, -0.2) is 9.97 Å². The number of amides is 1. The van der Waals surface area contributed by atoms with Crippen LogP contribution in [0.1, 0.15) is 27.8 Å². The Kier molecular flexibility index (Phi) is 4.60. The van der Waals surface area contributed by atoms with Gasteiger partial charge >= 0.3 is 0 Å². The summed E-state index contributed by atoms with van der Waals surface area (Å²) in [4.78, 5) is 24.7. The number of hydrogen-bond acceptors (Lipinski definition) is 6. The molecule has 2 heterocycles. The fourth-order valence-corrected chi connectivity index (χ4v) is 2.27. The molecule has 0 bridgehead atoms. The molecule has 1 N–H and O–H groups in total. The molecule has 0 fully saturated rings. The third-order valence-electron chi connectivity index (χ3n) is 3.32. The molecule has 122 valence electrons. The Labute approximate surface area is 139 Å². The highest BCUT2D eigenvalue weighted by molar-refractivity contribution is 5.92. The first-order valence-electron chi connectivity index (χ1n) is 7.60. The number of aryl methyl sites for hydroxylation is 2. The van der Waals surface area contributed by atoms with Crippen molar-refractivity contribution in [2.24, 2.45) is 0 Å². The molecule has 1 amide bonds. The predicted octanol–water partition coefficient (Wildman–Crippen LogP) is 2.12. The molecule has 0 unspecified atom stereocenters. The Balaban J connectivity index is 1.57. The van der Waals surface area contributed by atoms with Crippen molar-refractivity contribution in [3.63, 3.8) is 0 Å². The minimum atomic E-state index is -0.240. The summed E-state index contributed by atoms with van der Waals surface area (Å²) in [6.07, 6.45) is 0.477. The fraction of sp³-hybridized carbons (Fsp3) is 0.235. The van der Waals surface area contributed by atoms with Crippen molar-refractivity contribution >= 4 is 5.91 Å². The summed E-state index contributed by atoms with van der Waals surface area (Å²) in [6.45, 7) is 3.98. The zero-order chi connectivity index (χ0) is 16.9. The Morgan fingerprint density at radius 1 is 1.12 bits per heavy atom. The zero-order valence-electron chi connectivity index (χ0n) is 13.5. The van der Waals surface area contributed by atoms with E-state index in [9.17, 15) is 4.79 Å². The lowest BCUT2D eigenvalue weighted by atomic mass is 10.2. The van der Waals surface area contributed by atoms with Gasteiger partial charge in [0.05, 0.1) is 0 Å². The summed E-state index contributed by atoms with van der Waals surface area (Å²) in [5.41, 5.74) is 1.99. The van der Waals surface area contributed by atoms with E-state index in [1.165, 1.54) is 0 Å². The molecule has 0 aliphatic rings. The first-order valence-corrected chi connectivity index (χ1v) is 7.60. The predicted molar refractivity (Wildman–Crippen MR) is 87.3 cm³/mol. The zero-order valence-corrected chi connectivity index (χ0v) is 13.5. The molecule has 0 atom stereocenters. The summed E-state index contributed by atoms with van der Waals surface area (Å²) in [6, 6.07) is 11.2. The van der Waals surface area contributed by atoms with Crippen molar-refractivity contribution in [1.82, 2.24) is 25.4 Å². The van der Waals surface area contributed by atoms with Crippen LogP contribution in [0, 0.1) is 13.8 Å². The quantitative estimate of drug-likeness (QED) is 0.773. The topological polar surface area (TPSA) is 93.8 Å². The van der Waals surface area contributed by atoms with Crippen molar-refractivity contribution in [2.75, 3.05) is 6.54 Å². The molecule has 2 aromatic heterocycles. The molecule has 24 heavy (non-hydrogen) atoms. The van der Waals surface area contributed by atoms with Crippen LogP contribution in [0.3, 0.4) is 0 Å².